The molecule has 0 spiro atoms. The van der Waals surface area contributed by atoms with E-state index in [2.05, 4.69) is 0 Å². The Labute approximate surface area is 106 Å². The molecule has 0 unspecified atom stereocenters. The molecule has 1 aliphatic rings. The van der Waals surface area contributed by atoms with E-state index in [9.17, 15) is 26.3 Å². The van der Waals surface area contributed by atoms with E-state index in [1.54, 1.807) is 0 Å². The molecular formula is C13H12F6. The summed E-state index contributed by atoms with van der Waals surface area (Å²) in [4.78, 5) is 0. The third kappa shape index (κ3) is 3.22. The predicted molar refractivity (Wildman–Crippen MR) is 57.7 cm³/mol. The number of benzene rings is 1. The molecule has 2 rings (SSSR count). The summed E-state index contributed by atoms with van der Waals surface area (Å²) in [7, 11) is 0. The van der Waals surface area contributed by atoms with Gasteiger partial charge in [0.2, 0.25) is 0 Å². The lowest BCUT2D eigenvalue weighted by atomic mass is 9.93. The Morgan fingerprint density at radius 3 is 1.53 bits per heavy atom. The van der Waals surface area contributed by atoms with E-state index in [-0.39, 0.29) is 17.5 Å². The monoisotopic (exact) mass is 282 g/mol. The van der Waals surface area contributed by atoms with Crippen molar-refractivity contribution >= 4 is 0 Å². The van der Waals surface area contributed by atoms with Crippen molar-refractivity contribution in [1.29, 1.82) is 0 Å². The van der Waals surface area contributed by atoms with Gasteiger partial charge in [-0.25, -0.2) is 0 Å². The van der Waals surface area contributed by atoms with E-state index in [1.165, 1.54) is 0 Å². The molecule has 0 nitrogen and oxygen atoms in total. The van der Waals surface area contributed by atoms with Gasteiger partial charge in [0, 0.05) is 0 Å². The van der Waals surface area contributed by atoms with Crippen LogP contribution in [0.25, 0.3) is 0 Å². The summed E-state index contributed by atoms with van der Waals surface area (Å²) in [5.74, 6) is -0.191. The molecule has 1 aliphatic carbocycles. The molecule has 19 heavy (non-hydrogen) atoms. The van der Waals surface area contributed by atoms with Crippen molar-refractivity contribution < 1.29 is 26.3 Å². The van der Waals surface area contributed by atoms with E-state index in [0.717, 1.165) is 25.0 Å². The molecule has 1 saturated carbocycles. The molecule has 0 bridgehead atoms. The first-order valence-electron chi connectivity index (χ1n) is 5.97. The third-order valence-electron chi connectivity index (χ3n) is 3.44. The van der Waals surface area contributed by atoms with Gasteiger partial charge in [-0.15, -0.1) is 0 Å². The number of rotatable bonds is 1. The summed E-state index contributed by atoms with van der Waals surface area (Å²) in [5, 5.41) is 0. The Morgan fingerprint density at radius 1 is 0.737 bits per heavy atom. The Balaban J connectivity index is 2.48. The molecule has 1 aromatic carbocycles. The van der Waals surface area contributed by atoms with Gasteiger partial charge in [0.25, 0.3) is 0 Å². The lowest BCUT2D eigenvalue weighted by Crippen LogP contribution is -2.12. The second-order valence-corrected chi connectivity index (χ2v) is 4.82. The molecule has 1 aromatic rings. The summed E-state index contributed by atoms with van der Waals surface area (Å²) in [6.07, 6.45) is -6.51. The van der Waals surface area contributed by atoms with Crippen molar-refractivity contribution in [1.82, 2.24) is 0 Å². The molecule has 0 aromatic heterocycles. The lowest BCUT2D eigenvalue weighted by molar-refractivity contribution is -0.143. The minimum atomic E-state index is -4.76. The topological polar surface area (TPSA) is 0 Å². The lowest BCUT2D eigenvalue weighted by Gasteiger charge is -2.17. The summed E-state index contributed by atoms with van der Waals surface area (Å²) < 4.78 is 75.9. The Morgan fingerprint density at radius 2 is 1.16 bits per heavy atom. The van der Waals surface area contributed by atoms with Crippen LogP contribution in [0.5, 0.6) is 0 Å². The first-order valence-corrected chi connectivity index (χ1v) is 5.97. The zero-order chi connectivity index (χ0) is 14.3. The van der Waals surface area contributed by atoms with Crippen LogP contribution in [-0.2, 0) is 12.4 Å². The van der Waals surface area contributed by atoms with Crippen LogP contribution in [-0.4, -0.2) is 0 Å². The maximum absolute atomic E-state index is 12.7. The van der Waals surface area contributed by atoms with Crippen molar-refractivity contribution in [2.75, 3.05) is 0 Å². The van der Waals surface area contributed by atoms with Crippen LogP contribution in [0.4, 0.5) is 26.3 Å². The molecule has 0 saturated heterocycles. The van der Waals surface area contributed by atoms with Crippen molar-refractivity contribution in [3.8, 4) is 0 Å². The van der Waals surface area contributed by atoms with Crippen LogP contribution in [0.15, 0.2) is 18.2 Å². The molecule has 6 heteroatoms. The van der Waals surface area contributed by atoms with Gasteiger partial charge >= 0.3 is 12.4 Å². The van der Waals surface area contributed by atoms with E-state index in [1.807, 2.05) is 0 Å². The molecule has 106 valence electrons. The fraction of sp³-hybridized carbons (Fsp3) is 0.538. The van der Waals surface area contributed by atoms with E-state index in [0.29, 0.717) is 12.8 Å². The fourth-order valence-electron chi connectivity index (χ4n) is 2.47. The minimum Gasteiger partial charge on any atom is -0.166 e. The number of hydrogen-bond acceptors (Lipinski definition) is 0. The zero-order valence-electron chi connectivity index (χ0n) is 9.91. The molecule has 0 N–H and O–H groups in total. The number of alkyl halides is 6. The van der Waals surface area contributed by atoms with Gasteiger partial charge < -0.3 is 0 Å². The summed E-state index contributed by atoms with van der Waals surface area (Å²) in [6, 6.07) is 1.88. The molecular weight excluding hydrogens is 270 g/mol. The molecule has 0 atom stereocenters. The van der Waals surface area contributed by atoms with Crippen LogP contribution in [0.1, 0.15) is 48.3 Å². The number of halogens is 6. The molecule has 0 heterocycles. The zero-order valence-corrected chi connectivity index (χ0v) is 9.91. The largest absolute Gasteiger partial charge is 0.416 e. The highest BCUT2D eigenvalue weighted by Crippen LogP contribution is 2.41. The average Bonchev–Trinajstić information content (AvgIpc) is 2.79. The Hall–Kier alpha value is -1.20. The van der Waals surface area contributed by atoms with Gasteiger partial charge in [0.1, 0.15) is 0 Å². The average molecular weight is 282 g/mol. The maximum Gasteiger partial charge on any atom is 0.416 e. The quantitative estimate of drug-likeness (QED) is 0.606. The normalized spacial score (nSPS) is 18.0. The first kappa shape index (κ1) is 14.2. The van der Waals surface area contributed by atoms with Crippen molar-refractivity contribution in [3.63, 3.8) is 0 Å². The van der Waals surface area contributed by atoms with Crippen LogP contribution in [0.3, 0.4) is 0 Å². The Kier molecular flexibility index (Phi) is 3.53. The van der Waals surface area contributed by atoms with Gasteiger partial charge in [-0.3, -0.25) is 0 Å². The molecule has 0 radical (unpaired) electrons. The minimum absolute atomic E-state index is 0.152. The van der Waals surface area contributed by atoms with Gasteiger partial charge in [-0.1, -0.05) is 12.8 Å². The van der Waals surface area contributed by atoms with Gasteiger partial charge in [-0.2, -0.15) is 26.3 Å². The van der Waals surface area contributed by atoms with Gasteiger partial charge in [0.15, 0.2) is 0 Å². The second kappa shape index (κ2) is 4.72. The second-order valence-electron chi connectivity index (χ2n) is 4.82. The first-order chi connectivity index (χ1) is 8.68. The molecule has 0 amide bonds. The smallest absolute Gasteiger partial charge is 0.166 e. The maximum atomic E-state index is 12.7. The highest BCUT2D eigenvalue weighted by atomic mass is 19.4. The summed E-state index contributed by atoms with van der Waals surface area (Å²) in [6.45, 7) is 0. The van der Waals surface area contributed by atoms with E-state index >= 15 is 0 Å². The van der Waals surface area contributed by atoms with E-state index < -0.39 is 23.5 Å². The molecule has 1 fully saturated rings. The SMILES string of the molecule is FC(F)(F)c1cc(C2CCCC2)cc(C(F)(F)F)c1. The fourth-order valence-corrected chi connectivity index (χ4v) is 2.47. The van der Waals surface area contributed by atoms with Crippen molar-refractivity contribution in [2.24, 2.45) is 0 Å². The van der Waals surface area contributed by atoms with Crippen molar-refractivity contribution in [3.05, 3.63) is 34.9 Å². The van der Waals surface area contributed by atoms with Gasteiger partial charge in [-0.05, 0) is 42.5 Å². The molecule has 0 aliphatic heterocycles. The Bertz CT molecular complexity index is 419. The highest BCUT2D eigenvalue weighted by molar-refractivity contribution is 5.35. The highest BCUT2D eigenvalue weighted by Gasteiger charge is 2.37. The van der Waals surface area contributed by atoms with Crippen LogP contribution in [0, 0.1) is 0 Å². The van der Waals surface area contributed by atoms with E-state index in [4.69, 9.17) is 0 Å². The van der Waals surface area contributed by atoms with Crippen molar-refractivity contribution in [2.45, 2.75) is 44.0 Å². The standard InChI is InChI=1S/C13H12F6/c14-12(15,16)10-5-9(8-3-1-2-4-8)6-11(7-10)13(17,18)19/h5-8H,1-4H2. The van der Waals surface area contributed by atoms with Crippen LogP contribution in [0.2, 0.25) is 0 Å². The van der Waals surface area contributed by atoms with Crippen LogP contribution < -0.4 is 0 Å². The predicted octanol–water partition coefficient (Wildman–Crippen LogP) is 5.38. The number of hydrogen-bond donors (Lipinski definition) is 0. The summed E-state index contributed by atoms with van der Waals surface area (Å²) in [5.41, 5.74) is -2.28. The summed E-state index contributed by atoms with van der Waals surface area (Å²) >= 11 is 0. The van der Waals surface area contributed by atoms with Gasteiger partial charge in [0.05, 0.1) is 11.1 Å². The van der Waals surface area contributed by atoms with Crippen LogP contribution >= 0.6 is 0 Å². The third-order valence-corrected chi connectivity index (χ3v) is 3.44.